The summed E-state index contributed by atoms with van der Waals surface area (Å²) in [5.41, 5.74) is 1.08. The van der Waals surface area contributed by atoms with Crippen molar-refractivity contribution in [2.24, 2.45) is 0 Å². The van der Waals surface area contributed by atoms with Crippen LogP contribution in [0, 0.1) is 0 Å². The molecule has 6 heteroatoms. The minimum atomic E-state index is -0.900. The molecule has 0 fully saturated rings. The third-order valence-corrected chi connectivity index (χ3v) is 4.05. The van der Waals surface area contributed by atoms with E-state index in [4.69, 9.17) is 11.6 Å². The number of nitrogens with zero attached hydrogens (tertiary/aromatic N) is 2. The zero-order chi connectivity index (χ0) is 13.5. The van der Waals surface area contributed by atoms with Crippen LogP contribution >= 0.6 is 11.6 Å². The fourth-order valence-electron chi connectivity index (χ4n) is 1.56. The molecule has 2 aromatic rings. The van der Waals surface area contributed by atoms with Crippen LogP contribution in [0.4, 0.5) is 5.82 Å². The van der Waals surface area contributed by atoms with Crippen molar-refractivity contribution >= 4 is 28.2 Å². The number of rotatable bonds is 6. The molecule has 1 aromatic carbocycles. The maximum atomic E-state index is 11.9. The van der Waals surface area contributed by atoms with Crippen molar-refractivity contribution in [2.45, 2.75) is 5.75 Å². The molecule has 1 aromatic heterocycles. The van der Waals surface area contributed by atoms with E-state index < -0.39 is 10.8 Å². The molecule has 0 spiro atoms. The van der Waals surface area contributed by atoms with Crippen LogP contribution in [-0.4, -0.2) is 26.5 Å². The van der Waals surface area contributed by atoms with Crippen molar-refractivity contribution < 1.29 is 4.21 Å². The van der Waals surface area contributed by atoms with Crippen LogP contribution in [0.15, 0.2) is 42.9 Å². The predicted molar refractivity (Wildman–Crippen MR) is 78.7 cm³/mol. The van der Waals surface area contributed by atoms with E-state index in [-0.39, 0.29) is 0 Å². The van der Waals surface area contributed by atoms with Crippen molar-refractivity contribution in [3.63, 3.8) is 0 Å². The van der Waals surface area contributed by atoms with Gasteiger partial charge in [-0.2, -0.15) is 0 Å². The average molecular weight is 296 g/mol. The summed E-state index contributed by atoms with van der Waals surface area (Å²) in [6, 6.07) is 9.81. The van der Waals surface area contributed by atoms with Crippen molar-refractivity contribution in [3.8, 4) is 0 Å². The van der Waals surface area contributed by atoms with Gasteiger partial charge in [0.2, 0.25) is 0 Å². The molecule has 1 unspecified atom stereocenters. The van der Waals surface area contributed by atoms with Crippen LogP contribution in [0.25, 0.3) is 0 Å². The molecule has 0 bridgehead atoms. The standard InChI is InChI=1S/C13H14ClN3OS/c14-12-8-15-10-17-13(12)16-6-7-19(18)9-11-4-2-1-3-5-11/h1-5,8,10H,6-7,9H2,(H,15,16,17). The van der Waals surface area contributed by atoms with Gasteiger partial charge in [-0.25, -0.2) is 9.97 Å². The molecule has 0 aliphatic rings. The van der Waals surface area contributed by atoms with E-state index in [1.54, 1.807) is 0 Å². The normalized spacial score (nSPS) is 12.1. The fraction of sp³-hybridized carbons (Fsp3) is 0.231. The van der Waals surface area contributed by atoms with Crippen LogP contribution in [0.3, 0.4) is 0 Å². The van der Waals surface area contributed by atoms with E-state index in [1.165, 1.54) is 12.5 Å². The van der Waals surface area contributed by atoms with Gasteiger partial charge in [0.25, 0.3) is 0 Å². The van der Waals surface area contributed by atoms with Crippen LogP contribution < -0.4 is 5.32 Å². The number of anilines is 1. The molecular formula is C13H14ClN3OS. The highest BCUT2D eigenvalue weighted by Gasteiger charge is 2.03. The maximum absolute atomic E-state index is 11.9. The van der Waals surface area contributed by atoms with Crippen LogP contribution in [0.5, 0.6) is 0 Å². The second kappa shape index (κ2) is 7.21. The predicted octanol–water partition coefficient (Wildman–Crippen LogP) is 2.49. The molecular weight excluding hydrogens is 282 g/mol. The highest BCUT2D eigenvalue weighted by Crippen LogP contribution is 2.15. The molecule has 0 saturated heterocycles. The molecule has 0 saturated carbocycles. The topological polar surface area (TPSA) is 54.9 Å². The van der Waals surface area contributed by atoms with E-state index >= 15 is 0 Å². The Balaban J connectivity index is 1.77. The summed E-state index contributed by atoms with van der Waals surface area (Å²) >= 11 is 5.91. The smallest absolute Gasteiger partial charge is 0.148 e. The third-order valence-electron chi connectivity index (χ3n) is 2.46. The lowest BCUT2D eigenvalue weighted by Crippen LogP contribution is -2.13. The Hall–Kier alpha value is -1.46. The Kier molecular flexibility index (Phi) is 5.30. The van der Waals surface area contributed by atoms with Crippen LogP contribution in [0.2, 0.25) is 5.02 Å². The molecule has 1 atom stereocenters. The molecule has 0 amide bonds. The fourth-order valence-corrected chi connectivity index (χ4v) is 2.77. The molecule has 0 aliphatic heterocycles. The SMILES string of the molecule is O=S(CCNc1ncncc1Cl)Cc1ccccc1. The largest absolute Gasteiger partial charge is 0.368 e. The van der Waals surface area contributed by atoms with Gasteiger partial charge in [-0.05, 0) is 5.56 Å². The van der Waals surface area contributed by atoms with Gasteiger partial charge in [0, 0.05) is 28.9 Å². The lowest BCUT2D eigenvalue weighted by atomic mass is 10.2. The van der Waals surface area contributed by atoms with Crippen molar-refractivity contribution in [1.29, 1.82) is 0 Å². The minimum absolute atomic E-state index is 0.469. The van der Waals surface area contributed by atoms with E-state index in [1.807, 2.05) is 30.3 Å². The van der Waals surface area contributed by atoms with Gasteiger partial charge in [-0.3, -0.25) is 4.21 Å². The summed E-state index contributed by atoms with van der Waals surface area (Å²) in [7, 11) is -0.900. The number of hydrogen-bond donors (Lipinski definition) is 1. The van der Waals surface area contributed by atoms with Gasteiger partial charge >= 0.3 is 0 Å². The number of nitrogens with one attached hydrogen (secondary N) is 1. The first-order valence-electron chi connectivity index (χ1n) is 5.84. The van der Waals surface area contributed by atoms with E-state index in [0.717, 1.165) is 5.56 Å². The second-order valence-electron chi connectivity index (χ2n) is 3.92. The molecule has 100 valence electrons. The van der Waals surface area contributed by atoms with Crippen LogP contribution in [-0.2, 0) is 16.6 Å². The van der Waals surface area contributed by atoms with E-state index in [2.05, 4.69) is 15.3 Å². The summed E-state index contributed by atoms with van der Waals surface area (Å²) in [6.45, 7) is 0.566. The van der Waals surface area contributed by atoms with Crippen molar-refractivity contribution in [2.75, 3.05) is 17.6 Å². The van der Waals surface area contributed by atoms with E-state index in [9.17, 15) is 4.21 Å². The van der Waals surface area contributed by atoms with Crippen molar-refractivity contribution in [3.05, 3.63) is 53.4 Å². The summed E-state index contributed by atoms with van der Waals surface area (Å²) in [4.78, 5) is 7.81. The number of halogens is 1. The highest BCUT2D eigenvalue weighted by atomic mass is 35.5. The van der Waals surface area contributed by atoms with E-state index in [0.29, 0.717) is 28.9 Å². The monoisotopic (exact) mass is 295 g/mol. The molecule has 2 rings (SSSR count). The van der Waals surface area contributed by atoms with Gasteiger partial charge in [-0.15, -0.1) is 0 Å². The first-order valence-corrected chi connectivity index (χ1v) is 7.70. The first kappa shape index (κ1) is 14.0. The molecule has 0 aliphatic carbocycles. The van der Waals surface area contributed by atoms with Gasteiger partial charge in [-0.1, -0.05) is 41.9 Å². The Labute approximate surface area is 119 Å². The summed E-state index contributed by atoms with van der Waals surface area (Å²) in [6.07, 6.45) is 2.95. The third kappa shape index (κ3) is 4.61. The number of hydrogen-bond acceptors (Lipinski definition) is 4. The van der Waals surface area contributed by atoms with Gasteiger partial charge < -0.3 is 5.32 Å². The maximum Gasteiger partial charge on any atom is 0.148 e. The summed E-state index contributed by atoms with van der Waals surface area (Å²) in [5, 5.41) is 3.52. The Morgan fingerprint density at radius 3 is 2.79 bits per heavy atom. The van der Waals surface area contributed by atoms with Crippen LogP contribution in [0.1, 0.15) is 5.56 Å². The second-order valence-corrected chi connectivity index (χ2v) is 5.90. The zero-order valence-electron chi connectivity index (χ0n) is 10.3. The lowest BCUT2D eigenvalue weighted by molar-refractivity contribution is 0.682. The molecule has 19 heavy (non-hydrogen) atoms. The number of benzene rings is 1. The summed E-state index contributed by atoms with van der Waals surface area (Å²) < 4.78 is 11.9. The van der Waals surface area contributed by atoms with Crippen molar-refractivity contribution in [1.82, 2.24) is 9.97 Å². The zero-order valence-corrected chi connectivity index (χ0v) is 11.8. The Morgan fingerprint density at radius 1 is 1.26 bits per heavy atom. The van der Waals surface area contributed by atoms with Gasteiger partial charge in [0.05, 0.1) is 6.20 Å². The van der Waals surface area contributed by atoms with Gasteiger partial charge in [0.1, 0.15) is 17.2 Å². The molecule has 1 N–H and O–H groups in total. The number of aromatic nitrogens is 2. The first-order chi connectivity index (χ1) is 9.25. The lowest BCUT2D eigenvalue weighted by Gasteiger charge is -2.06. The molecule has 0 radical (unpaired) electrons. The quantitative estimate of drug-likeness (QED) is 0.889. The van der Waals surface area contributed by atoms with Gasteiger partial charge in [0.15, 0.2) is 0 Å². The molecule has 4 nitrogen and oxygen atoms in total. The molecule has 1 heterocycles. The Bertz CT molecular complexity index is 551. The Morgan fingerprint density at radius 2 is 2.05 bits per heavy atom. The average Bonchev–Trinajstić information content (AvgIpc) is 2.42. The minimum Gasteiger partial charge on any atom is -0.368 e. The summed E-state index contributed by atoms with van der Waals surface area (Å²) in [5.74, 6) is 1.70. The highest BCUT2D eigenvalue weighted by molar-refractivity contribution is 7.84.